The second kappa shape index (κ2) is 9.40. The first kappa shape index (κ1) is 19.2. The van der Waals surface area contributed by atoms with Crippen molar-refractivity contribution < 1.29 is 13.9 Å². The number of amides is 1. The lowest BCUT2D eigenvalue weighted by atomic mass is 10.0. The molecule has 0 unspecified atom stereocenters. The predicted octanol–water partition coefficient (Wildman–Crippen LogP) is 4.40. The Morgan fingerprint density at radius 2 is 1.85 bits per heavy atom. The van der Waals surface area contributed by atoms with Gasteiger partial charge in [-0.15, -0.1) is 0 Å². The molecule has 1 amide bonds. The van der Waals surface area contributed by atoms with E-state index in [2.05, 4.69) is 5.32 Å². The molecule has 4 nitrogen and oxygen atoms in total. The molecule has 144 valence electrons. The van der Waals surface area contributed by atoms with Crippen LogP contribution in [0, 0.1) is 12.7 Å². The summed E-state index contributed by atoms with van der Waals surface area (Å²) >= 11 is 0. The van der Waals surface area contributed by atoms with Crippen LogP contribution in [0.3, 0.4) is 0 Å². The predicted molar refractivity (Wildman–Crippen MR) is 106 cm³/mol. The van der Waals surface area contributed by atoms with E-state index < -0.39 is 0 Å². The lowest BCUT2D eigenvalue weighted by Crippen LogP contribution is -2.42. The number of para-hydroxylation sites is 1. The number of nitrogens with one attached hydrogen (secondary N) is 1. The number of hydrogen-bond donors (Lipinski definition) is 1. The Morgan fingerprint density at radius 3 is 2.56 bits per heavy atom. The molecule has 1 heterocycles. The Bertz CT molecular complexity index is 740. The summed E-state index contributed by atoms with van der Waals surface area (Å²) in [5.74, 6) is 0.855. The van der Waals surface area contributed by atoms with Crippen molar-refractivity contribution in [2.75, 3.05) is 25.0 Å². The number of halogens is 1. The van der Waals surface area contributed by atoms with Crippen molar-refractivity contribution in [1.29, 1.82) is 0 Å². The molecule has 1 fully saturated rings. The van der Waals surface area contributed by atoms with Crippen molar-refractivity contribution >= 4 is 11.6 Å². The van der Waals surface area contributed by atoms with Crippen LogP contribution < -0.4 is 10.1 Å². The quantitative estimate of drug-likeness (QED) is 0.735. The second-order valence-electron chi connectivity index (χ2n) is 7.02. The van der Waals surface area contributed by atoms with Crippen LogP contribution in [0.1, 0.15) is 31.2 Å². The molecular weight excluding hydrogens is 343 g/mol. The summed E-state index contributed by atoms with van der Waals surface area (Å²) in [6, 6.07) is 14.7. The monoisotopic (exact) mass is 370 g/mol. The van der Waals surface area contributed by atoms with Gasteiger partial charge >= 0.3 is 0 Å². The molecule has 0 aliphatic carbocycles. The highest BCUT2D eigenvalue weighted by molar-refractivity contribution is 5.76. The number of aryl methyl sites for hydroxylation is 1. The fourth-order valence-electron chi connectivity index (χ4n) is 3.34. The van der Waals surface area contributed by atoms with Crippen molar-refractivity contribution in [1.82, 2.24) is 4.90 Å². The summed E-state index contributed by atoms with van der Waals surface area (Å²) in [7, 11) is 0. The zero-order valence-electron chi connectivity index (χ0n) is 15.8. The molecule has 27 heavy (non-hydrogen) atoms. The van der Waals surface area contributed by atoms with Gasteiger partial charge in [-0.3, -0.25) is 4.79 Å². The average molecular weight is 370 g/mol. The van der Waals surface area contributed by atoms with Gasteiger partial charge in [0.05, 0.1) is 6.61 Å². The Balaban J connectivity index is 1.34. The van der Waals surface area contributed by atoms with E-state index >= 15 is 0 Å². The largest absolute Gasteiger partial charge is 0.493 e. The molecule has 1 saturated heterocycles. The smallest absolute Gasteiger partial charge is 0.222 e. The minimum Gasteiger partial charge on any atom is -0.493 e. The van der Waals surface area contributed by atoms with E-state index in [0.717, 1.165) is 49.4 Å². The standard InChI is InChI=1S/C22H27FN2O2/c1-17-5-2-3-6-21(17)27-16-4-7-22(26)25-14-12-20(13-15-25)24-19-10-8-18(23)9-11-19/h2-3,5-6,8-11,20,24H,4,7,12-16H2,1H3. The summed E-state index contributed by atoms with van der Waals surface area (Å²) in [5.41, 5.74) is 2.04. The number of carbonyl (C=O) groups excluding carboxylic acids is 1. The van der Waals surface area contributed by atoms with Crippen LogP contribution in [0.2, 0.25) is 0 Å². The average Bonchev–Trinajstić information content (AvgIpc) is 2.69. The molecule has 1 aliphatic rings. The molecule has 0 spiro atoms. The van der Waals surface area contributed by atoms with E-state index in [4.69, 9.17) is 4.74 Å². The molecule has 0 aromatic heterocycles. The molecular formula is C22H27FN2O2. The highest BCUT2D eigenvalue weighted by Gasteiger charge is 2.22. The first-order valence-electron chi connectivity index (χ1n) is 9.60. The first-order chi connectivity index (χ1) is 13.1. The van der Waals surface area contributed by atoms with Gasteiger partial charge in [0.25, 0.3) is 0 Å². The fraction of sp³-hybridized carbons (Fsp3) is 0.409. The van der Waals surface area contributed by atoms with Crippen molar-refractivity contribution in [2.45, 2.75) is 38.6 Å². The van der Waals surface area contributed by atoms with E-state index in [1.807, 2.05) is 36.1 Å². The van der Waals surface area contributed by atoms with Gasteiger partial charge in [-0.25, -0.2) is 4.39 Å². The van der Waals surface area contributed by atoms with Crippen molar-refractivity contribution in [3.8, 4) is 5.75 Å². The summed E-state index contributed by atoms with van der Waals surface area (Å²) < 4.78 is 18.7. The van der Waals surface area contributed by atoms with Gasteiger partial charge in [0.15, 0.2) is 0 Å². The Morgan fingerprint density at radius 1 is 1.15 bits per heavy atom. The SMILES string of the molecule is Cc1ccccc1OCCCC(=O)N1CCC(Nc2ccc(F)cc2)CC1. The van der Waals surface area contributed by atoms with Gasteiger partial charge in [0.2, 0.25) is 5.91 Å². The molecule has 2 aromatic carbocycles. The maximum Gasteiger partial charge on any atom is 0.222 e. The number of piperidine rings is 1. The minimum absolute atomic E-state index is 0.198. The van der Waals surface area contributed by atoms with E-state index in [0.29, 0.717) is 19.1 Å². The minimum atomic E-state index is -0.229. The van der Waals surface area contributed by atoms with Gasteiger partial charge in [-0.1, -0.05) is 18.2 Å². The third-order valence-corrected chi connectivity index (χ3v) is 4.95. The van der Waals surface area contributed by atoms with Crippen LogP contribution in [-0.2, 0) is 4.79 Å². The Kier molecular flexibility index (Phi) is 6.69. The van der Waals surface area contributed by atoms with Crippen LogP contribution in [-0.4, -0.2) is 36.5 Å². The number of carbonyl (C=O) groups is 1. The molecule has 0 bridgehead atoms. The molecule has 0 atom stereocenters. The molecule has 3 rings (SSSR count). The van der Waals surface area contributed by atoms with E-state index in [1.165, 1.54) is 12.1 Å². The van der Waals surface area contributed by atoms with Crippen molar-refractivity contribution in [3.05, 3.63) is 59.9 Å². The molecule has 1 N–H and O–H groups in total. The van der Waals surface area contributed by atoms with Gasteiger partial charge in [0, 0.05) is 31.2 Å². The maximum atomic E-state index is 13.0. The number of likely N-dealkylation sites (tertiary alicyclic amines) is 1. The molecule has 5 heteroatoms. The molecule has 0 radical (unpaired) electrons. The van der Waals surface area contributed by atoms with Crippen LogP contribution in [0.5, 0.6) is 5.75 Å². The summed E-state index contributed by atoms with van der Waals surface area (Å²) in [4.78, 5) is 14.3. The van der Waals surface area contributed by atoms with Crippen molar-refractivity contribution in [3.63, 3.8) is 0 Å². The number of benzene rings is 2. The zero-order chi connectivity index (χ0) is 19.1. The topological polar surface area (TPSA) is 41.6 Å². The zero-order valence-corrected chi connectivity index (χ0v) is 15.8. The van der Waals surface area contributed by atoms with Crippen LogP contribution in [0.4, 0.5) is 10.1 Å². The number of ether oxygens (including phenoxy) is 1. The summed E-state index contributed by atoms with van der Waals surface area (Å²) in [6.07, 6.45) is 3.05. The van der Waals surface area contributed by atoms with Gasteiger partial charge in [-0.2, -0.15) is 0 Å². The lowest BCUT2D eigenvalue weighted by molar-refractivity contribution is -0.132. The third-order valence-electron chi connectivity index (χ3n) is 4.95. The first-order valence-corrected chi connectivity index (χ1v) is 9.60. The fourth-order valence-corrected chi connectivity index (χ4v) is 3.34. The number of rotatable bonds is 7. The maximum absolute atomic E-state index is 13.0. The van der Waals surface area contributed by atoms with Gasteiger partial charge in [0.1, 0.15) is 11.6 Å². The van der Waals surface area contributed by atoms with Gasteiger partial charge in [-0.05, 0) is 62.1 Å². The molecule has 2 aromatic rings. The highest BCUT2D eigenvalue weighted by atomic mass is 19.1. The normalized spacial score (nSPS) is 14.8. The van der Waals surface area contributed by atoms with Crippen LogP contribution >= 0.6 is 0 Å². The van der Waals surface area contributed by atoms with E-state index in [1.54, 1.807) is 12.1 Å². The highest BCUT2D eigenvalue weighted by Crippen LogP contribution is 2.19. The number of hydrogen-bond acceptors (Lipinski definition) is 3. The number of anilines is 1. The second-order valence-corrected chi connectivity index (χ2v) is 7.02. The Labute approximate surface area is 160 Å². The summed E-state index contributed by atoms with van der Waals surface area (Å²) in [5, 5.41) is 3.42. The van der Waals surface area contributed by atoms with Crippen LogP contribution in [0.25, 0.3) is 0 Å². The molecule has 1 aliphatic heterocycles. The molecule has 0 saturated carbocycles. The Hall–Kier alpha value is -2.56. The van der Waals surface area contributed by atoms with E-state index in [-0.39, 0.29) is 11.7 Å². The van der Waals surface area contributed by atoms with Gasteiger partial charge < -0.3 is 15.0 Å². The third kappa shape index (κ3) is 5.71. The summed E-state index contributed by atoms with van der Waals surface area (Å²) in [6.45, 7) is 4.09. The van der Waals surface area contributed by atoms with E-state index in [9.17, 15) is 9.18 Å². The lowest BCUT2D eigenvalue weighted by Gasteiger charge is -2.33. The van der Waals surface area contributed by atoms with Crippen LogP contribution in [0.15, 0.2) is 48.5 Å². The van der Waals surface area contributed by atoms with Crippen molar-refractivity contribution in [2.24, 2.45) is 0 Å². The number of nitrogens with zero attached hydrogens (tertiary/aromatic N) is 1.